The lowest BCUT2D eigenvalue weighted by atomic mass is 9.73. The molecule has 19 heavy (non-hydrogen) atoms. The summed E-state index contributed by atoms with van der Waals surface area (Å²) in [5.41, 5.74) is 5.71. The van der Waals surface area contributed by atoms with Gasteiger partial charge in [0.05, 0.1) is 12.1 Å². The summed E-state index contributed by atoms with van der Waals surface area (Å²) in [5, 5.41) is 7.16. The summed E-state index contributed by atoms with van der Waals surface area (Å²) in [6, 6.07) is 0. The van der Waals surface area contributed by atoms with Crippen LogP contribution in [0.1, 0.15) is 39.0 Å². The minimum absolute atomic E-state index is 0.0506. The first-order chi connectivity index (χ1) is 9.16. The van der Waals surface area contributed by atoms with Crippen molar-refractivity contribution in [1.29, 1.82) is 0 Å². The Kier molecular flexibility index (Phi) is 4.52. The van der Waals surface area contributed by atoms with Crippen molar-refractivity contribution in [3.8, 4) is 0 Å². The Morgan fingerprint density at radius 3 is 3.05 bits per heavy atom. The topological polar surface area (TPSA) is 85.8 Å². The van der Waals surface area contributed by atoms with Crippen molar-refractivity contribution in [1.82, 2.24) is 20.1 Å². The van der Waals surface area contributed by atoms with Crippen LogP contribution in [0.3, 0.4) is 0 Å². The summed E-state index contributed by atoms with van der Waals surface area (Å²) >= 11 is 0. The Hall–Kier alpha value is -1.43. The van der Waals surface area contributed by atoms with Gasteiger partial charge in [-0.2, -0.15) is 5.10 Å². The second-order valence-electron chi connectivity index (χ2n) is 5.46. The number of rotatable bonds is 5. The molecule has 0 saturated heterocycles. The van der Waals surface area contributed by atoms with Gasteiger partial charge >= 0.3 is 0 Å². The molecule has 6 nitrogen and oxygen atoms in total. The fourth-order valence-electron chi connectivity index (χ4n) is 2.86. The molecule has 2 rings (SSSR count). The lowest BCUT2D eigenvalue weighted by molar-refractivity contribution is -0.124. The first kappa shape index (κ1) is 14.0. The van der Waals surface area contributed by atoms with Crippen LogP contribution in [0.25, 0.3) is 0 Å². The van der Waals surface area contributed by atoms with Crippen molar-refractivity contribution in [2.24, 2.45) is 11.7 Å². The number of carbonyl (C=O) groups excluding carboxylic acids is 1. The van der Waals surface area contributed by atoms with Crippen molar-refractivity contribution in [3.05, 3.63) is 12.7 Å². The molecule has 1 amide bonds. The number of carbonyl (C=O) groups is 1. The largest absolute Gasteiger partial charge is 0.349 e. The van der Waals surface area contributed by atoms with Gasteiger partial charge in [-0.1, -0.05) is 19.8 Å². The molecule has 3 N–H and O–H groups in total. The fraction of sp³-hybridized carbons (Fsp3) is 0.769. The summed E-state index contributed by atoms with van der Waals surface area (Å²) in [6.07, 6.45) is 8.01. The van der Waals surface area contributed by atoms with E-state index in [9.17, 15) is 4.79 Å². The number of nitrogens with two attached hydrogens (primary N) is 1. The third-order valence-corrected chi connectivity index (χ3v) is 4.24. The Bertz CT molecular complexity index is 405. The van der Waals surface area contributed by atoms with Crippen LogP contribution in [0.4, 0.5) is 0 Å². The lowest BCUT2D eigenvalue weighted by Crippen LogP contribution is -2.59. The number of amides is 1. The van der Waals surface area contributed by atoms with Crippen LogP contribution in [0, 0.1) is 5.92 Å². The van der Waals surface area contributed by atoms with Crippen LogP contribution in [-0.4, -0.2) is 32.8 Å². The van der Waals surface area contributed by atoms with Gasteiger partial charge in [0.15, 0.2) is 0 Å². The van der Waals surface area contributed by atoms with Crippen LogP contribution >= 0.6 is 0 Å². The monoisotopic (exact) mass is 265 g/mol. The molecule has 1 aliphatic rings. The second-order valence-corrected chi connectivity index (χ2v) is 5.46. The standard InChI is InChI=1S/C13H23N5O/c1-11-4-2-3-6-13(11,8-14)17-12(19)5-7-18-10-15-9-16-18/h9-11H,2-8,14H2,1H3,(H,17,19). The smallest absolute Gasteiger partial charge is 0.222 e. The summed E-state index contributed by atoms with van der Waals surface area (Å²) in [7, 11) is 0. The number of aryl methyl sites for hydroxylation is 1. The van der Waals surface area contributed by atoms with E-state index in [1.165, 1.54) is 12.7 Å². The Labute approximate surface area is 113 Å². The van der Waals surface area contributed by atoms with Gasteiger partial charge in [-0.05, 0) is 18.8 Å². The van der Waals surface area contributed by atoms with E-state index in [0.717, 1.165) is 19.3 Å². The SMILES string of the molecule is CC1CCCCC1(CN)NC(=O)CCn1cncn1. The number of nitrogens with one attached hydrogen (secondary N) is 1. The number of hydrogen-bond acceptors (Lipinski definition) is 4. The van der Waals surface area contributed by atoms with Gasteiger partial charge in [0.2, 0.25) is 5.91 Å². The summed E-state index contributed by atoms with van der Waals surface area (Å²) in [6.45, 7) is 3.26. The molecule has 1 heterocycles. The molecule has 1 aliphatic carbocycles. The zero-order valence-corrected chi connectivity index (χ0v) is 11.5. The number of nitrogens with zero attached hydrogens (tertiary/aromatic N) is 3. The molecule has 1 saturated carbocycles. The third-order valence-electron chi connectivity index (χ3n) is 4.24. The quantitative estimate of drug-likeness (QED) is 0.820. The van der Waals surface area contributed by atoms with Gasteiger partial charge in [0, 0.05) is 13.0 Å². The van der Waals surface area contributed by atoms with Crippen LogP contribution in [0.5, 0.6) is 0 Å². The molecule has 1 fully saturated rings. The van der Waals surface area contributed by atoms with Gasteiger partial charge in [-0.3, -0.25) is 9.48 Å². The fourth-order valence-corrected chi connectivity index (χ4v) is 2.86. The van der Waals surface area contributed by atoms with Crippen molar-refractivity contribution < 1.29 is 4.79 Å². The van der Waals surface area contributed by atoms with Gasteiger partial charge in [-0.25, -0.2) is 4.98 Å². The zero-order valence-electron chi connectivity index (χ0n) is 11.5. The van der Waals surface area contributed by atoms with Crippen molar-refractivity contribution in [3.63, 3.8) is 0 Å². The normalized spacial score (nSPS) is 27.2. The van der Waals surface area contributed by atoms with Crippen molar-refractivity contribution >= 4 is 5.91 Å². The summed E-state index contributed by atoms with van der Waals surface area (Å²) in [4.78, 5) is 15.9. The van der Waals surface area contributed by atoms with Crippen LogP contribution < -0.4 is 11.1 Å². The minimum atomic E-state index is -0.211. The van der Waals surface area contributed by atoms with E-state index < -0.39 is 0 Å². The molecular formula is C13H23N5O. The predicted octanol–water partition coefficient (Wildman–Crippen LogP) is 0.692. The molecule has 6 heteroatoms. The van der Waals surface area contributed by atoms with E-state index in [1.54, 1.807) is 11.0 Å². The molecular weight excluding hydrogens is 242 g/mol. The molecule has 2 unspecified atom stereocenters. The molecule has 1 aromatic heterocycles. The maximum Gasteiger partial charge on any atom is 0.222 e. The van der Waals surface area contributed by atoms with E-state index >= 15 is 0 Å². The Morgan fingerprint density at radius 2 is 2.42 bits per heavy atom. The molecule has 0 bridgehead atoms. The first-order valence-electron chi connectivity index (χ1n) is 7.00. The average Bonchev–Trinajstić information content (AvgIpc) is 2.92. The van der Waals surface area contributed by atoms with Gasteiger partial charge in [-0.15, -0.1) is 0 Å². The minimum Gasteiger partial charge on any atom is -0.349 e. The zero-order chi connectivity index (χ0) is 13.7. The number of aromatic nitrogens is 3. The third kappa shape index (κ3) is 3.32. The van der Waals surface area contributed by atoms with E-state index in [1.807, 2.05) is 0 Å². The van der Waals surface area contributed by atoms with Gasteiger partial charge in [0.1, 0.15) is 12.7 Å². The average molecular weight is 265 g/mol. The summed E-state index contributed by atoms with van der Waals surface area (Å²) in [5.74, 6) is 0.497. The molecule has 2 atom stereocenters. The van der Waals surface area contributed by atoms with Crippen molar-refractivity contribution in [2.45, 2.75) is 51.1 Å². The van der Waals surface area contributed by atoms with E-state index in [4.69, 9.17) is 5.73 Å². The highest BCUT2D eigenvalue weighted by Gasteiger charge is 2.37. The van der Waals surface area contributed by atoms with E-state index in [0.29, 0.717) is 25.4 Å². The molecule has 1 aromatic rings. The van der Waals surface area contributed by atoms with Crippen molar-refractivity contribution in [2.75, 3.05) is 6.54 Å². The maximum atomic E-state index is 12.1. The first-order valence-corrected chi connectivity index (χ1v) is 7.00. The van der Waals surface area contributed by atoms with Crippen LogP contribution in [-0.2, 0) is 11.3 Å². The molecule has 0 radical (unpaired) electrons. The Balaban J connectivity index is 1.88. The lowest BCUT2D eigenvalue weighted by Gasteiger charge is -2.42. The van der Waals surface area contributed by atoms with Crippen LogP contribution in [0.15, 0.2) is 12.7 Å². The Morgan fingerprint density at radius 1 is 1.58 bits per heavy atom. The van der Waals surface area contributed by atoms with E-state index in [2.05, 4.69) is 22.3 Å². The molecule has 0 spiro atoms. The number of hydrogen-bond donors (Lipinski definition) is 2. The highest BCUT2D eigenvalue weighted by Crippen LogP contribution is 2.32. The van der Waals surface area contributed by atoms with Crippen LogP contribution in [0.2, 0.25) is 0 Å². The molecule has 106 valence electrons. The predicted molar refractivity (Wildman–Crippen MR) is 72.2 cm³/mol. The van der Waals surface area contributed by atoms with Gasteiger partial charge < -0.3 is 11.1 Å². The maximum absolute atomic E-state index is 12.1. The second kappa shape index (κ2) is 6.14. The molecule has 0 aromatic carbocycles. The van der Waals surface area contributed by atoms with Gasteiger partial charge in [0.25, 0.3) is 0 Å². The highest BCUT2D eigenvalue weighted by molar-refractivity contribution is 5.76. The van der Waals surface area contributed by atoms with E-state index in [-0.39, 0.29) is 11.4 Å². The molecule has 0 aliphatic heterocycles. The highest BCUT2D eigenvalue weighted by atomic mass is 16.1. The summed E-state index contributed by atoms with van der Waals surface area (Å²) < 4.78 is 1.67.